The van der Waals surface area contributed by atoms with Crippen molar-refractivity contribution in [3.63, 3.8) is 0 Å². The van der Waals surface area contributed by atoms with Crippen LogP contribution in [0.1, 0.15) is 31.4 Å². The second kappa shape index (κ2) is 10.4. The zero-order valence-electron chi connectivity index (χ0n) is 17.3. The number of aromatic nitrogens is 1. The summed E-state index contributed by atoms with van der Waals surface area (Å²) >= 11 is 0. The number of oxime groups is 1. The van der Waals surface area contributed by atoms with Gasteiger partial charge in [0.25, 0.3) is 0 Å². The average molecular weight is 389 g/mol. The van der Waals surface area contributed by atoms with Crippen LogP contribution in [-0.4, -0.2) is 23.9 Å². The maximum Gasteiger partial charge on any atom is 0.151 e. The van der Waals surface area contributed by atoms with Crippen molar-refractivity contribution >= 4 is 5.71 Å². The fourth-order valence-corrected chi connectivity index (χ4v) is 2.99. The first-order valence-electron chi connectivity index (χ1n) is 10.0. The minimum atomic E-state index is 0.405. The van der Waals surface area contributed by atoms with Crippen molar-refractivity contribution < 1.29 is 9.57 Å². The van der Waals surface area contributed by atoms with E-state index in [0.717, 1.165) is 40.3 Å². The molecule has 0 saturated heterocycles. The quantitative estimate of drug-likeness (QED) is 0.260. The Bertz CT molecular complexity index is 919. The Kier molecular flexibility index (Phi) is 7.40. The summed E-state index contributed by atoms with van der Waals surface area (Å²) in [6.45, 7) is 7.26. The molecule has 2 aromatic carbocycles. The molecule has 0 unspecified atom stereocenters. The van der Waals surface area contributed by atoms with Gasteiger partial charge in [-0.2, -0.15) is 0 Å². The topological polar surface area (TPSA) is 43.7 Å². The molecule has 3 rings (SSSR count). The van der Waals surface area contributed by atoms with Gasteiger partial charge in [0.1, 0.15) is 12.4 Å². The smallest absolute Gasteiger partial charge is 0.151 e. The van der Waals surface area contributed by atoms with Gasteiger partial charge >= 0.3 is 0 Å². The number of para-hydroxylation sites is 1. The molecule has 0 N–H and O–H groups in total. The number of ether oxygens (including phenoxy) is 1. The molecular formula is C25H28N2O2. The van der Waals surface area contributed by atoms with Gasteiger partial charge in [0.15, 0.2) is 6.61 Å². The standard InChI is InChI=1S/C25H28N2O2/c1-19(2)18-24(27-29-17-16-28-25-10-5-4-8-20(25)3)22-13-11-21(12-14-22)23-9-6-7-15-26-23/h4-15,19H,16-18H2,1-3H3/b27-24+. The molecule has 0 bridgehead atoms. The van der Waals surface area contributed by atoms with E-state index < -0.39 is 0 Å². The Balaban J connectivity index is 1.62. The summed E-state index contributed by atoms with van der Waals surface area (Å²) in [6.07, 6.45) is 2.66. The van der Waals surface area contributed by atoms with Crippen LogP contribution in [0.3, 0.4) is 0 Å². The van der Waals surface area contributed by atoms with E-state index in [-0.39, 0.29) is 0 Å². The molecule has 150 valence electrons. The van der Waals surface area contributed by atoms with Crippen molar-refractivity contribution in [1.29, 1.82) is 0 Å². The van der Waals surface area contributed by atoms with E-state index in [4.69, 9.17) is 9.57 Å². The average Bonchev–Trinajstić information content (AvgIpc) is 2.74. The third-order valence-corrected chi connectivity index (χ3v) is 4.48. The molecular weight excluding hydrogens is 360 g/mol. The highest BCUT2D eigenvalue weighted by atomic mass is 16.6. The highest BCUT2D eigenvalue weighted by Crippen LogP contribution is 2.19. The van der Waals surface area contributed by atoms with Crippen molar-refractivity contribution in [2.24, 2.45) is 11.1 Å². The van der Waals surface area contributed by atoms with Crippen LogP contribution in [-0.2, 0) is 4.84 Å². The first-order chi connectivity index (χ1) is 14.1. The first-order valence-corrected chi connectivity index (χ1v) is 10.0. The number of pyridine rings is 1. The van der Waals surface area contributed by atoms with Gasteiger partial charge in [-0.05, 0) is 48.6 Å². The van der Waals surface area contributed by atoms with Gasteiger partial charge in [-0.15, -0.1) is 0 Å². The minimum Gasteiger partial charge on any atom is -0.490 e. The summed E-state index contributed by atoms with van der Waals surface area (Å²) in [7, 11) is 0. The minimum absolute atomic E-state index is 0.405. The van der Waals surface area contributed by atoms with Gasteiger partial charge in [-0.3, -0.25) is 4.98 Å². The van der Waals surface area contributed by atoms with Crippen molar-refractivity contribution in [1.82, 2.24) is 4.98 Å². The van der Waals surface area contributed by atoms with Crippen LogP contribution in [0, 0.1) is 12.8 Å². The number of aryl methyl sites for hydroxylation is 1. The zero-order chi connectivity index (χ0) is 20.5. The Labute approximate surface area is 173 Å². The number of rotatable bonds is 9. The fourth-order valence-electron chi connectivity index (χ4n) is 2.99. The maximum atomic E-state index is 5.77. The van der Waals surface area contributed by atoms with Crippen LogP contribution in [0.2, 0.25) is 0 Å². The number of hydrogen-bond donors (Lipinski definition) is 0. The highest BCUT2D eigenvalue weighted by Gasteiger charge is 2.09. The van der Waals surface area contributed by atoms with E-state index in [1.165, 1.54) is 0 Å². The SMILES string of the molecule is Cc1ccccc1OCCO/N=C(\CC(C)C)c1ccc(-c2ccccn2)cc1. The Morgan fingerprint density at radius 3 is 2.38 bits per heavy atom. The lowest BCUT2D eigenvalue weighted by atomic mass is 9.99. The van der Waals surface area contributed by atoms with Gasteiger partial charge in [0, 0.05) is 11.8 Å². The van der Waals surface area contributed by atoms with Crippen LogP contribution in [0.5, 0.6) is 5.75 Å². The highest BCUT2D eigenvalue weighted by molar-refractivity contribution is 6.00. The van der Waals surface area contributed by atoms with E-state index >= 15 is 0 Å². The third kappa shape index (κ3) is 6.18. The van der Waals surface area contributed by atoms with Crippen LogP contribution in [0.15, 0.2) is 78.1 Å². The Hall–Kier alpha value is -3.14. The summed E-state index contributed by atoms with van der Waals surface area (Å²) < 4.78 is 5.77. The summed E-state index contributed by atoms with van der Waals surface area (Å²) in [5.74, 6) is 1.36. The lowest BCUT2D eigenvalue weighted by molar-refractivity contribution is 0.106. The molecule has 0 amide bonds. The zero-order valence-corrected chi connectivity index (χ0v) is 17.3. The summed E-state index contributed by atoms with van der Waals surface area (Å²) in [4.78, 5) is 9.98. The molecule has 1 aromatic heterocycles. The van der Waals surface area contributed by atoms with E-state index in [1.54, 1.807) is 0 Å². The predicted octanol–water partition coefficient (Wildman–Crippen LogP) is 5.90. The first kappa shape index (κ1) is 20.6. The molecule has 4 nitrogen and oxygen atoms in total. The number of benzene rings is 2. The Morgan fingerprint density at radius 2 is 1.69 bits per heavy atom. The van der Waals surface area contributed by atoms with Crippen molar-refractivity contribution in [2.75, 3.05) is 13.2 Å². The molecule has 0 spiro atoms. The summed E-state index contributed by atoms with van der Waals surface area (Å²) in [5.41, 5.74) is 5.18. The molecule has 0 aliphatic heterocycles. The molecule has 3 aromatic rings. The predicted molar refractivity (Wildman–Crippen MR) is 118 cm³/mol. The lowest BCUT2D eigenvalue weighted by Gasteiger charge is -2.11. The van der Waals surface area contributed by atoms with Gasteiger partial charge < -0.3 is 9.57 Å². The number of nitrogens with zero attached hydrogens (tertiary/aromatic N) is 2. The van der Waals surface area contributed by atoms with E-state index in [1.807, 2.05) is 55.6 Å². The molecule has 0 radical (unpaired) electrons. The molecule has 1 heterocycles. The molecule has 29 heavy (non-hydrogen) atoms. The van der Waals surface area contributed by atoms with E-state index in [0.29, 0.717) is 19.1 Å². The summed E-state index contributed by atoms with van der Waals surface area (Å²) in [6, 6.07) is 22.2. The molecule has 0 fully saturated rings. The van der Waals surface area contributed by atoms with Gasteiger partial charge in [-0.1, -0.05) is 67.5 Å². The second-order valence-electron chi connectivity index (χ2n) is 7.38. The summed E-state index contributed by atoms with van der Waals surface area (Å²) in [5, 5.41) is 4.41. The largest absolute Gasteiger partial charge is 0.490 e. The molecule has 0 saturated carbocycles. The van der Waals surface area contributed by atoms with Crippen LogP contribution >= 0.6 is 0 Å². The monoisotopic (exact) mass is 388 g/mol. The van der Waals surface area contributed by atoms with Crippen molar-refractivity contribution in [3.05, 3.63) is 84.1 Å². The van der Waals surface area contributed by atoms with E-state index in [9.17, 15) is 0 Å². The normalized spacial score (nSPS) is 11.5. The van der Waals surface area contributed by atoms with Gasteiger partial charge in [0.05, 0.1) is 11.4 Å². The number of hydrogen-bond acceptors (Lipinski definition) is 4. The Morgan fingerprint density at radius 1 is 0.931 bits per heavy atom. The molecule has 0 aliphatic rings. The fraction of sp³-hybridized carbons (Fsp3) is 0.280. The molecule has 0 aliphatic carbocycles. The molecule has 0 atom stereocenters. The van der Waals surface area contributed by atoms with Crippen molar-refractivity contribution in [3.8, 4) is 17.0 Å². The van der Waals surface area contributed by atoms with E-state index in [2.05, 4.69) is 48.3 Å². The van der Waals surface area contributed by atoms with Crippen LogP contribution in [0.25, 0.3) is 11.3 Å². The van der Waals surface area contributed by atoms with Crippen LogP contribution < -0.4 is 4.74 Å². The van der Waals surface area contributed by atoms with Crippen molar-refractivity contribution in [2.45, 2.75) is 27.2 Å². The van der Waals surface area contributed by atoms with Gasteiger partial charge in [-0.25, -0.2) is 0 Å². The van der Waals surface area contributed by atoms with Crippen LogP contribution in [0.4, 0.5) is 0 Å². The molecule has 4 heteroatoms. The third-order valence-electron chi connectivity index (χ3n) is 4.48. The maximum absolute atomic E-state index is 5.77. The van der Waals surface area contributed by atoms with Gasteiger partial charge in [0.2, 0.25) is 0 Å². The second-order valence-corrected chi connectivity index (χ2v) is 7.38. The lowest BCUT2D eigenvalue weighted by Crippen LogP contribution is -2.09.